The maximum absolute atomic E-state index is 12.4. The molecule has 0 aliphatic carbocycles. The smallest absolute Gasteiger partial charge is 0.273 e. The summed E-state index contributed by atoms with van der Waals surface area (Å²) in [5, 5.41) is 23.5. The number of aromatic nitrogens is 3. The second-order valence-electron chi connectivity index (χ2n) is 6.33. The number of carbonyl (C=O) groups excluding carboxylic acids is 2. The van der Waals surface area contributed by atoms with Gasteiger partial charge in [0.05, 0.1) is 11.4 Å². The molecule has 1 heterocycles. The number of hydrogen-bond donors (Lipinski definition) is 3. The van der Waals surface area contributed by atoms with Crippen LogP contribution in [-0.4, -0.2) is 45.0 Å². The van der Waals surface area contributed by atoms with E-state index in [-0.39, 0.29) is 23.3 Å². The molecule has 0 radical (unpaired) electrons. The molecule has 0 atom stereocenters. The molecule has 0 aliphatic rings. The van der Waals surface area contributed by atoms with Gasteiger partial charge in [0.25, 0.3) is 11.8 Å². The minimum Gasteiger partial charge on any atom is -0.508 e. The molecule has 0 saturated heterocycles. The van der Waals surface area contributed by atoms with Gasteiger partial charge in [0.15, 0.2) is 5.69 Å². The largest absolute Gasteiger partial charge is 0.508 e. The molecule has 0 saturated carbocycles. The van der Waals surface area contributed by atoms with Gasteiger partial charge in [-0.25, -0.2) is 4.68 Å². The molecule has 150 valence electrons. The van der Waals surface area contributed by atoms with E-state index < -0.39 is 0 Å². The van der Waals surface area contributed by atoms with Gasteiger partial charge in [-0.15, -0.1) is 5.10 Å². The Bertz CT molecular complexity index is 1030. The average Bonchev–Trinajstić information content (AvgIpc) is 3.09. The van der Waals surface area contributed by atoms with Crippen LogP contribution < -0.4 is 10.6 Å². The van der Waals surface area contributed by atoms with Gasteiger partial charge in [-0.1, -0.05) is 28.9 Å². The number of hydrogen-bond acceptors (Lipinski definition) is 5. The van der Waals surface area contributed by atoms with Gasteiger partial charge in [-0.3, -0.25) is 9.59 Å². The number of phenolic OH excluding ortho intramolecular Hbond substituents is 1. The van der Waals surface area contributed by atoms with E-state index in [1.54, 1.807) is 41.9 Å². The van der Waals surface area contributed by atoms with E-state index >= 15 is 0 Å². The molecular weight excluding hydrogens is 394 g/mol. The van der Waals surface area contributed by atoms with Crippen molar-refractivity contribution in [3.05, 3.63) is 70.5 Å². The van der Waals surface area contributed by atoms with Gasteiger partial charge < -0.3 is 15.7 Å². The van der Waals surface area contributed by atoms with Crippen molar-refractivity contribution in [1.82, 2.24) is 25.6 Å². The molecule has 2 aromatic carbocycles. The second kappa shape index (κ2) is 9.20. The Morgan fingerprint density at radius 1 is 1.07 bits per heavy atom. The lowest BCUT2D eigenvalue weighted by atomic mass is 10.2. The second-order valence-corrected chi connectivity index (χ2v) is 6.77. The van der Waals surface area contributed by atoms with Crippen molar-refractivity contribution in [2.24, 2.45) is 0 Å². The Labute approximate surface area is 172 Å². The summed E-state index contributed by atoms with van der Waals surface area (Å²) >= 11 is 6.00. The molecule has 9 heteroatoms. The highest BCUT2D eigenvalue weighted by molar-refractivity contribution is 6.30. The van der Waals surface area contributed by atoms with E-state index in [2.05, 4.69) is 20.9 Å². The Hall–Kier alpha value is -3.39. The van der Waals surface area contributed by atoms with Crippen molar-refractivity contribution in [3.63, 3.8) is 0 Å². The van der Waals surface area contributed by atoms with Crippen LogP contribution in [0.1, 0.15) is 33.0 Å². The average molecular weight is 414 g/mol. The molecule has 1 aromatic heterocycles. The molecule has 3 N–H and O–H groups in total. The molecule has 8 nitrogen and oxygen atoms in total. The third-order valence-electron chi connectivity index (χ3n) is 4.20. The third kappa shape index (κ3) is 5.11. The summed E-state index contributed by atoms with van der Waals surface area (Å²) in [6.07, 6.45) is 0.539. The summed E-state index contributed by atoms with van der Waals surface area (Å²) in [5.74, 6) is -0.589. The van der Waals surface area contributed by atoms with Crippen molar-refractivity contribution in [2.45, 2.75) is 13.3 Å². The van der Waals surface area contributed by atoms with E-state index in [1.165, 1.54) is 12.1 Å². The van der Waals surface area contributed by atoms with Gasteiger partial charge in [0.2, 0.25) is 0 Å². The van der Waals surface area contributed by atoms with Crippen LogP contribution in [0.5, 0.6) is 5.75 Å². The molecular formula is C20H20ClN5O3. The van der Waals surface area contributed by atoms with E-state index in [4.69, 9.17) is 11.6 Å². The maximum Gasteiger partial charge on any atom is 0.273 e. The number of nitrogens with one attached hydrogen (secondary N) is 2. The Kier molecular flexibility index (Phi) is 6.46. The molecule has 29 heavy (non-hydrogen) atoms. The minimum atomic E-state index is -0.338. The zero-order valence-electron chi connectivity index (χ0n) is 15.7. The molecule has 0 unspecified atom stereocenters. The highest BCUT2D eigenvalue weighted by atomic mass is 35.5. The Morgan fingerprint density at radius 2 is 1.79 bits per heavy atom. The SMILES string of the molecule is Cc1c(C(=O)NCCCNC(=O)c2cccc(O)c2)nnn1-c1cccc(Cl)c1. The van der Waals surface area contributed by atoms with E-state index in [9.17, 15) is 14.7 Å². The molecule has 3 rings (SSSR count). The number of phenols is 1. The fourth-order valence-corrected chi connectivity index (χ4v) is 2.90. The normalized spacial score (nSPS) is 10.6. The number of aromatic hydroxyl groups is 1. The number of benzene rings is 2. The van der Waals surface area contributed by atoms with Crippen LogP contribution >= 0.6 is 11.6 Å². The summed E-state index contributed by atoms with van der Waals surface area (Å²) in [6, 6.07) is 13.2. The van der Waals surface area contributed by atoms with Crippen LogP contribution in [0.2, 0.25) is 5.02 Å². The predicted octanol–water partition coefficient (Wildman–Crippen LogP) is 2.48. The lowest BCUT2D eigenvalue weighted by Crippen LogP contribution is -2.30. The standard InChI is InChI=1S/C20H20ClN5O3/c1-13-18(24-25-26(13)16-7-3-6-15(21)12-16)20(29)23-10-4-9-22-19(28)14-5-2-8-17(27)11-14/h2-3,5-8,11-12,27H,4,9-10H2,1H3,(H,22,28)(H,23,29). The van der Waals surface area contributed by atoms with Crippen LogP contribution in [-0.2, 0) is 0 Å². The monoisotopic (exact) mass is 413 g/mol. The van der Waals surface area contributed by atoms with E-state index in [1.807, 2.05) is 6.07 Å². The van der Waals surface area contributed by atoms with Crippen LogP contribution in [0.15, 0.2) is 48.5 Å². The van der Waals surface area contributed by atoms with Crippen molar-refractivity contribution >= 4 is 23.4 Å². The molecule has 3 aromatic rings. The number of amides is 2. The number of nitrogens with zero attached hydrogens (tertiary/aromatic N) is 3. The van der Waals surface area contributed by atoms with Crippen molar-refractivity contribution in [1.29, 1.82) is 0 Å². The molecule has 0 bridgehead atoms. The van der Waals surface area contributed by atoms with Gasteiger partial charge in [0, 0.05) is 23.7 Å². The Balaban J connectivity index is 1.48. The van der Waals surface area contributed by atoms with Gasteiger partial charge in [-0.2, -0.15) is 0 Å². The van der Waals surface area contributed by atoms with E-state index in [0.717, 1.165) is 5.69 Å². The van der Waals surface area contributed by atoms with Crippen LogP contribution in [0.4, 0.5) is 0 Å². The highest BCUT2D eigenvalue weighted by Gasteiger charge is 2.17. The molecule has 0 fully saturated rings. The predicted molar refractivity (Wildman–Crippen MR) is 108 cm³/mol. The van der Waals surface area contributed by atoms with Crippen molar-refractivity contribution in [3.8, 4) is 11.4 Å². The molecule has 0 aliphatic heterocycles. The summed E-state index contributed by atoms with van der Waals surface area (Å²) in [4.78, 5) is 24.3. The first-order chi connectivity index (χ1) is 14.0. The number of carbonyl (C=O) groups is 2. The first-order valence-electron chi connectivity index (χ1n) is 8.99. The van der Waals surface area contributed by atoms with Gasteiger partial charge in [-0.05, 0) is 49.7 Å². The zero-order chi connectivity index (χ0) is 20.8. The van der Waals surface area contributed by atoms with Crippen LogP contribution in [0.3, 0.4) is 0 Å². The maximum atomic E-state index is 12.4. The van der Waals surface area contributed by atoms with Crippen molar-refractivity contribution < 1.29 is 14.7 Å². The van der Waals surface area contributed by atoms with Crippen molar-refractivity contribution in [2.75, 3.05) is 13.1 Å². The number of rotatable bonds is 7. The lowest BCUT2D eigenvalue weighted by molar-refractivity contribution is 0.0947. The summed E-state index contributed by atoms with van der Waals surface area (Å²) in [5.41, 5.74) is 1.93. The Morgan fingerprint density at radius 3 is 2.52 bits per heavy atom. The van der Waals surface area contributed by atoms with Gasteiger partial charge >= 0.3 is 0 Å². The lowest BCUT2D eigenvalue weighted by Gasteiger charge is -2.07. The first-order valence-corrected chi connectivity index (χ1v) is 9.37. The minimum absolute atomic E-state index is 0.0334. The molecule has 0 spiro atoms. The summed E-state index contributed by atoms with van der Waals surface area (Å²) in [7, 11) is 0. The fraction of sp³-hybridized carbons (Fsp3) is 0.200. The first kappa shape index (κ1) is 20.3. The fourth-order valence-electron chi connectivity index (χ4n) is 2.72. The topological polar surface area (TPSA) is 109 Å². The zero-order valence-corrected chi connectivity index (χ0v) is 16.5. The summed E-state index contributed by atoms with van der Waals surface area (Å²) < 4.78 is 1.55. The third-order valence-corrected chi connectivity index (χ3v) is 4.43. The summed E-state index contributed by atoms with van der Waals surface area (Å²) in [6.45, 7) is 2.50. The van der Waals surface area contributed by atoms with Gasteiger partial charge in [0.1, 0.15) is 5.75 Å². The van der Waals surface area contributed by atoms with E-state index in [0.29, 0.717) is 35.8 Å². The quantitative estimate of drug-likeness (QED) is 0.515. The highest BCUT2D eigenvalue weighted by Crippen LogP contribution is 2.16. The number of halogens is 1. The molecule has 2 amide bonds. The van der Waals surface area contributed by atoms with Crippen LogP contribution in [0.25, 0.3) is 5.69 Å². The van der Waals surface area contributed by atoms with Crippen LogP contribution in [0, 0.1) is 6.92 Å².